The fourth-order valence-electron chi connectivity index (χ4n) is 3.50. The van der Waals surface area contributed by atoms with Crippen LogP contribution in [-0.4, -0.2) is 30.1 Å². The van der Waals surface area contributed by atoms with Crippen molar-refractivity contribution in [2.24, 2.45) is 0 Å². The lowest BCUT2D eigenvalue weighted by atomic mass is 10.0. The third-order valence-corrected chi connectivity index (χ3v) is 5.02. The molecule has 2 heterocycles. The van der Waals surface area contributed by atoms with Crippen LogP contribution in [0.1, 0.15) is 40.0 Å². The van der Waals surface area contributed by atoms with Gasteiger partial charge in [0.05, 0.1) is 0 Å². The third kappa shape index (κ3) is 3.89. The van der Waals surface area contributed by atoms with Crippen LogP contribution in [0.2, 0.25) is 0 Å². The zero-order chi connectivity index (χ0) is 20.4. The van der Waals surface area contributed by atoms with Crippen LogP contribution in [0.3, 0.4) is 0 Å². The molecule has 1 aliphatic heterocycles. The van der Waals surface area contributed by atoms with E-state index >= 15 is 0 Å². The van der Waals surface area contributed by atoms with Crippen molar-refractivity contribution in [1.29, 1.82) is 0 Å². The summed E-state index contributed by atoms with van der Waals surface area (Å²) in [6, 6.07) is 17.0. The molecule has 4 rings (SSSR count). The molecule has 6 nitrogen and oxygen atoms in total. The number of hydrogen-bond donors (Lipinski definition) is 1. The minimum Gasteiger partial charge on any atom is -0.360 e. The van der Waals surface area contributed by atoms with E-state index in [1.54, 1.807) is 31.3 Å². The van der Waals surface area contributed by atoms with E-state index in [4.69, 9.17) is 4.52 Å². The van der Waals surface area contributed by atoms with E-state index in [0.717, 1.165) is 5.56 Å². The molecular formula is C22H20FN3O3. The number of hydrogen-bond acceptors (Lipinski definition) is 4. The summed E-state index contributed by atoms with van der Waals surface area (Å²) in [6.07, 6.45) is -1.01. The Bertz CT molecular complexity index is 1030. The summed E-state index contributed by atoms with van der Waals surface area (Å²) in [7, 11) is 1.58. The molecule has 0 spiro atoms. The Kier molecular flexibility index (Phi) is 5.12. The summed E-state index contributed by atoms with van der Waals surface area (Å²) in [6.45, 7) is 0. The number of likely N-dealkylation sites (N-methyl/N-ethyl adjacent to an activating group) is 1. The fraction of sp³-hybridized carbons (Fsp3) is 0.227. The van der Waals surface area contributed by atoms with Crippen molar-refractivity contribution >= 4 is 17.5 Å². The second kappa shape index (κ2) is 7.87. The van der Waals surface area contributed by atoms with Crippen LogP contribution in [0, 0.1) is 0 Å². The predicted molar refractivity (Wildman–Crippen MR) is 105 cm³/mol. The molecule has 1 N–H and O–H groups in total. The van der Waals surface area contributed by atoms with E-state index in [1.807, 2.05) is 30.3 Å². The highest BCUT2D eigenvalue weighted by Gasteiger charge is 2.34. The van der Waals surface area contributed by atoms with Crippen molar-refractivity contribution in [2.75, 3.05) is 11.9 Å². The number of nitrogens with zero attached hydrogens (tertiary/aromatic N) is 2. The number of halogens is 1. The second-order valence-corrected chi connectivity index (χ2v) is 7.03. The van der Waals surface area contributed by atoms with Crippen molar-refractivity contribution in [3.8, 4) is 0 Å². The van der Waals surface area contributed by atoms with Crippen molar-refractivity contribution < 1.29 is 18.5 Å². The molecule has 1 aliphatic rings. The molecule has 1 aromatic heterocycles. The minimum absolute atomic E-state index is 0.0588. The molecule has 2 atom stereocenters. The molecule has 0 saturated carbocycles. The molecule has 0 fully saturated rings. The Morgan fingerprint density at radius 2 is 1.93 bits per heavy atom. The van der Waals surface area contributed by atoms with Gasteiger partial charge in [-0.3, -0.25) is 9.59 Å². The van der Waals surface area contributed by atoms with Gasteiger partial charge in [0.1, 0.15) is 18.0 Å². The van der Waals surface area contributed by atoms with Gasteiger partial charge in [-0.15, -0.1) is 0 Å². The topological polar surface area (TPSA) is 75.4 Å². The first-order valence-corrected chi connectivity index (χ1v) is 9.34. The largest absolute Gasteiger partial charge is 0.360 e. The molecule has 0 saturated heterocycles. The van der Waals surface area contributed by atoms with Crippen LogP contribution in [0.5, 0.6) is 0 Å². The van der Waals surface area contributed by atoms with E-state index in [0.29, 0.717) is 23.4 Å². The van der Waals surface area contributed by atoms with Crippen molar-refractivity contribution in [2.45, 2.75) is 25.1 Å². The summed E-state index contributed by atoms with van der Waals surface area (Å²) in [5.74, 6) is -0.418. The van der Waals surface area contributed by atoms with Gasteiger partial charge in [0.15, 0.2) is 5.69 Å². The average molecular weight is 393 g/mol. The van der Waals surface area contributed by atoms with Crippen LogP contribution in [0.15, 0.2) is 65.2 Å². The van der Waals surface area contributed by atoms with E-state index < -0.39 is 18.1 Å². The third-order valence-electron chi connectivity index (χ3n) is 5.02. The monoisotopic (exact) mass is 393 g/mol. The summed E-state index contributed by atoms with van der Waals surface area (Å²) in [5, 5.41) is 6.40. The van der Waals surface area contributed by atoms with Crippen molar-refractivity contribution in [3.05, 3.63) is 83.2 Å². The number of para-hydroxylation sites is 1. The summed E-state index contributed by atoms with van der Waals surface area (Å²) in [4.78, 5) is 26.7. The van der Waals surface area contributed by atoms with Gasteiger partial charge in [0.25, 0.3) is 5.91 Å². The van der Waals surface area contributed by atoms with Gasteiger partial charge in [0.2, 0.25) is 5.91 Å². The molecule has 2 unspecified atom stereocenters. The van der Waals surface area contributed by atoms with Gasteiger partial charge in [0, 0.05) is 37.2 Å². The molecule has 7 heteroatoms. The first-order chi connectivity index (χ1) is 14.0. The van der Waals surface area contributed by atoms with Gasteiger partial charge in [-0.05, 0) is 11.6 Å². The molecule has 3 aromatic rings. The number of anilines is 1. The van der Waals surface area contributed by atoms with Crippen LogP contribution in [0.4, 0.5) is 10.1 Å². The van der Waals surface area contributed by atoms with E-state index in [1.165, 1.54) is 11.0 Å². The Morgan fingerprint density at radius 1 is 1.21 bits per heavy atom. The first-order valence-electron chi connectivity index (χ1n) is 9.34. The number of rotatable bonds is 4. The summed E-state index contributed by atoms with van der Waals surface area (Å²) >= 11 is 0. The number of alkyl halides is 1. The molecule has 0 aliphatic carbocycles. The average Bonchev–Trinajstić information content (AvgIpc) is 3.18. The zero-order valence-corrected chi connectivity index (χ0v) is 15.8. The molecule has 0 radical (unpaired) electrons. The van der Waals surface area contributed by atoms with Gasteiger partial charge < -0.3 is 14.7 Å². The van der Waals surface area contributed by atoms with Gasteiger partial charge >= 0.3 is 0 Å². The minimum atomic E-state index is -1.36. The lowest BCUT2D eigenvalue weighted by Crippen LogP contribution is -2.47. The normalized spacial score (nSPS) is 18.8. The zero-order valence-electron chi connectivity index (χ0n) is 15.8. The van der Waals surface area contributed by atoms with Crippen molar-refractivity contribution in [3.63, 3.8) is 0 Å². The maximum atomic E-state index is 14.8. The lowest BCUT2D eigenvalue weighted by molar-refractivity contribution is -0.120. The maximum Gasteiger partial charge on any atom is 0.274 e. The van der Waals surface area contributed by atoms with Gasteiger partial charge in [-0.2, -0.15) is 0 Å². The van der Waals surface area contributed by atoms with E-state index in [-0.39, 0.29) is 18.0 Å². The summed E-state index contributed by atoms with van der Waals surface area (Å²) in [5.41, 5.74) is 2.03. The standard InChI is InChI=1S/C22H20FN3O3/c1-26-20-10-6-5-9-16(20)17(23)13-19(22(26)28)24-21(27)18-12-15(29-25-18)11-14-7-3-2-4-8-14/h2-10,12,17,19H,11,13H2,1H3,(H,24,27). The number of carbonyl (C=O) groups excluding carboxylic acids is 2. The van der Waals surface area contributed by atoms with E-state index in [2.05, 4.69) is 10.5 Å². The first kappa shape index (κ1) is 18.9. The maximum absolute atomic E-state index is 14.8. The summed E-state index contributed by atoms with van der Waals surface area (Å²) < 4.78 is 20.0. The van der Waals surface area contributed by atoms with Crippen LogP contribution < -0.4 is 10.2 Å². The predicted octanol–water partition coefficient (Wildman–Crippen LogP) is 3.44. The molecule has 0 bridgehead atoms. The van der Waals surface area contributed by atoms with Crippen LogP contribution in [-0.2, 0) is 11.2 Å². The number of amides is 2. The Morgan fingerprint density at radius 3 is 2.72 bits per heavy atom. The smallest absolute Gasteiger partial charge is 0.274 e. The molecule has 2 amide bonds. The highest BCUT2D eigenvalue weighted by atomic mass is 19.1. The number of fused-ring (bicyclic) bond motifs is 1. The fourth-order valence-corrected chi connectivity index (χ4v) is 3.50. The molecular weight excluding hydrogens is 373 g/mol. The Hall–Kier alpha value is -3.48. The SMILES string of the molecule is CN1C(=O)C(NC(=O)c2cc(Cc3ccccc3)on2)CC(F)c2ccccc21. The highest BCUT2D eigenvalue weighted by Crippen LogP contribution is 2.35. The van der Waals surface area contributed by atoms with Crippen LogP contribution >= 0.6 is 0 Å². The Balaban J connectivity index is 1.48. The van der Waals surface area contributed by atoms with Gasteiger partial charge in [-0.25, -0.2) is 4.39 Å². The van der Waals surface area contributed by atoms with Gasteiger partial charge in [-0.1, -0.05) is 53.7 Å². The molecule has 2 aromatic carbocycles. The number of carbonyl (C=O) groups is 2. The molecule has 29 heavy (non-hydrogen) atoms. The lowest BCUT2D eigenvalue weighted by Gasteiger charge is -2.21. The number of benzene rings is 2. The van der Waals surface area contributed by atoms with Crippen LogP contribution in [0.25, 0.3) is 0 Å². The van der Waals surface area contributed by atoms with Crippen molar-refractivity contribution in [1.82, 2.24) is 10.5 Å². The Labute approximate surface area is 167 Å². The molecule has 148 valence electrons. The van der Waals surface area contributed by atoms with E-state index in [9.17, 15) is 14.0 Å². The quantitative estimate of drug-likeness (QED) is 0.737. The highest BCUT2D eigenvalue weighted by molar-refractivity contribution is 6.02. The number of nitrogens with one attached hydrogen (secondary N) is 1. The second-order valence-electron chi connectivity index (χ2n) is 7.03. The number of aromatic nitrogens is 1.